The molecule has 1 fully saturated rings. The Balaban J connectivity index is 2.18. The van der Waals surface area contributed by atoms with Crippen LogP contribution < -0.4 is 10.6 Å². The largest absolute Gasteiger partial charge is 0.382 e. The summed E-state index contributed by atoms with van der Waals surface area (Å²) in [6.07, 6.45) is 5.03. The fourth-order valence-electron chi connectivity index (χ4n) is 2.76. The Bertz CT molecular complexity index is 501. The van der Waals surface area contributed by atoms with Crippen LogP contribution in [0.5, 0.6) is 0 Å². The fourth-order valence-corrected chi connectivity index (χ4v) is 2.76. The standard InChI is InChI=1S/C16H26N4O/c1-5-17-13-9-18-15(10(2)3)20-14(13)16(21)19-12-7-6-11(4)8-12/h9-12,17H,5-8H2,1-4H3,(H,19,21). The zero-order valence-corrected chi connectivity index (χ0v) is 13.4. The highest BCUT2D eigenvalue weighted by atomic mass is 16.2. The summed E-state index contributed by atoms with van der Waals surface area (Å²) in [6.45, 7) is 9.03. The average Bonchev–Trinajstić information content (AvgIpc) is 2.84. The number of hydrogen-bond donors (Lipinski definition) is 2. The molecule has 2 unspecified atom stereocenters. The first-order valence-corrected chi connectivity index (χ1v) is 7.92. The monoisotopic (exact) mass is 290 g/mol. The minimum Gasteiger partial charge on any atom is -0.382 e. The normalized spacial score (nSPS) is 21.6. The van der Waals surface area contributed by atoms with Crippen LogP contribution in [0.15, 0.2) is 6.20 Å². The van der Waals surface area contributed by atoms with Gasteiger partial charge in [-0.15, -0.1) is 0 Å². The predicted octanol–water partition coefficient (Wildman–Crippen LogP) is 2.95. The van der Waals surface area contributed by atoms with Crippen molar-refractivity contribution >= 4 is 11.6 Å². The van der Waals surface area contributed by atoms with E-state index in [1.807, 2.05) is 20.8 Å². The van der Waals surface area contributed by atoms with E-state index in [0.717, 1.165) is 19.4 Å². The van der Waals surface area contributed by atoms with Crippen LogP contribution in [0, 0.1) is 5.92 Å². The molecule has 1 aromatic heterocycles. The molecule has 1 aliphatic rings. The molecule has 2 atom stereocenters. The summed E-state index contributed by atoms with van der Waals surface area (Å²) >= 11 is 0. The van der Waals surface area contributed by atoms with E-state index in [1.165, 1.54) is 6.42 Å². The molecule has 116 valence electrons. The molecule has 0 aromatic carbocycles. The van der Waals surface area contributed by atoms with Gasteiger partial charge in [0.2, 0.25) is 0 Å². The van der Waals surface area contributed by atoms with Gasteiger partial charge in [-0.3, -0.25) is 4.79 Å². The van der Waals surface area contributed by atoms with Gasteiger partial charge in [0.15, 0.2) is 5.69 Å². The molecule has 1 aliphatic carbocycles. The van der Waals surface area contributed by atoms with Crippen LogP contribution in [0.25, 0.3) is 0 Å². The second-order valence-electron chi connectivity index (χ2n) is 6.26. The molecular formula is C16H26N4O. The molecule has 0 radical (unpaired) electrons. The minimum absolute atomic E-state index is 0.0886. The van der Waals surface area contributed by atoms with Gasteiger partial charge >= 0.3 is 0 Å². The molecule has 0 bridgehead atoms. The van der Waals surface area contributed by atoms with E-state index in [4.69, 9.17) is 0 Å². The van der Waals surface area contributed by atoms with Crippen molar-refractivity contribution in [1.82, 2.24) is 15.3 Å². The Labute approximate surface area is 127 Å². The fraction of sp³-hybridized carbons (Fsp3) is 0.688. The predicted molar refractivity (Wildman–Crippen MR) is 84.6 cm³/mol. The molecule has 0 saturated heterocycles. The summed E-state index contributed by atoms with van der Waals surface area (Å²) in [7, 11) is 0. The number of carbonyl (C=O) groups excluding carboxylic acids is 1. The van der Waals surface area contributed by atoms with Crippen molar-refractivity contribution in [3.63, 3.8) is 0 Å². The maximum atomic E-state index is 12.5. The maximum Gasteiger partial charge on any atom is 0.272 e. The van der Waals surface area contributed by atoms with E-state index in [9.17, 15) is 4.79 Å². The zero-order valence-electron chi connectivity index (χ0n) is 13.4. The highest BCUT2D eigenvalue weighted by Crippen LogP contribution is 2.25. The number of nitrogens with zero attached hydrogens (tertiary/aromatic N) is 2. The number of rotatable bonds is 5. The summed E-state index contributed by atoms with van der Waals surface area (Å²) in [5, 5.41) is 6.29. The third-order valence-corrected chi connectivity index (χ3v) is 3.94. The van der Waals surface area contributed by atoms with E-state index in [-0.39, 0.29) is 17.9 Å². The number of aromatic nitrogens is 2. The highest BCUT2D eigenvalue weighted by molar-refractivity contribution is 5.97. The van der Waals surface area contributed by atoms with E-state index in [2.05, 4.69) is 27.5 Å². The second-order valence-corrected chi connectivity index (χ2v) is 6.26. The summed E-state index contributed by atoms with van der Waals surface area (Å²) < 4.78 is 0. The molecule has 1 aromatic rings. The molecule has 5 nitrogen and oxygen atoms in total. The molecule has 2 N–H and O–H groups in total. The van der Waals surface area contributed by atoms with Gasteiger partial charge in [0.05, 0.1) is 11.9 Å². The van der Waals surface area contributed by atoms with Crippen LogP contribution in [0.1, 0.15) is 69.2 Å². The van der Waals surface area contributed by atoms with Crippen LogP contribution >= 0.6 is 0 Å². The lowest BCUT2D eigenvalue weighted by atomic mass is 10.1. The lowest BCUT2D eigenvalue weighted by Crippen LogP contribution is -2.34. The Morgan fingerprint density at radius 1 is 1.43 bits per heavy atom. The summed E-state index contributed by atoms with van der Waals surface area (Å²) in [4.78, 5) is 21.3. The van der Waals surface area contributed by atoms with Gasteiger partial charge in [-0.05, 0) is 32.1 Å². The van der Waals surface area contributed by atoms with Gasteiger partial charge in [0.25, 0.3) is 5.91 Å². The molecule has 1 amide bonds. The molecule has 1 heterocycles. The Kier molecular flexibility index (Phi) is 5.15. The van der Waals surface area contributed by atoms with Crippen molar-refractivity contribution in [2.24, 2.45) is 5.92 Å². The van der Waals surface area contributed by atoms with E-state index >= 15 is 0 Å². The first-order chi connectivity index (χ1) is 10.0. The van der Waals surface area contributed by atoms with Gasteiger partial charge in [0, 0.05) is 18.5 Å². The zero-order chi connectivity index (χ0) is 15.4. The number of hydrogen-bond acceptors (Lipinski definition) is 4. The van der Waals surface area contributed by atoms with Crippen LogP contribution in [0.3, 0.4) is 0 Å². The molecule has 2 rings (SSSR count). The number of nitrogens with one attached hydrogen (secondary N) is 2. The Morgan fingerprint density at radius 2 is 2.19 bits per heavy atom. The number of anilines is 1. The van der Waals surface area contributed by atoms with Gasteiger partial charge in [-0.25, -0.2) is 9.97 Å². The third-order valence-electron chi connectivity index (χ3n) is 3.94. The Morgan fingerprint density at radius 3 is 2.76 bits per heavy atom. The van der Waals surface area contributed by atoms with Crippen molar-refractivity contribution in [3.05, 3.63) is 17.7 Å². The van der Waals surface area contributed by atoms with Crippen LogP contribution in [0.4, 0.5) is 5.69 Å². The smallest absolute Gasteiger partial charge is 0.272 e. The van der Waals surface area contributed by atoms with Crippen LogP contribution in [-0.4, -0.2) is 28.5 Å². The Hall–Kier alpha value is -1.65. The molecule has 1 saturated carbocycles. The first-order valence-electron chi connectivity index (χ1n) is 7.92. The van der Waals surface area contributed by atoms with Gasteiger partial charge in [-0.2, -0.15) is 0 Å². The average molecular weight is 290 g/mol. The minimum atomic E-state index is -0.0886. The van der Waals surface area contributed by atoms with Gasteiger partial charge in [-0.1, -0.05) is 20.8 Å². The van der Waals surface area contributed by atoms with Crippen molar-refractivity contribution in [1.29, 1.82) is 0 Å². The SMILES string of the molecule is CCNc1cnc(C(C)C)nc1C(=O)NC1CCC(C)C1. The summed E-state index contributed by atoms with van der Waals surface area (Å²) in [6, 6.07) is 0.277. The van der Waals surface area contributed by atoms with Crippen LogP contribution in [-0.2, 0) is 0 Å². The second kappa shape index (κ2) is 6.87. The van der Waals surface area contributed by atoms with E-state index in [0.29, 0.717) is 23.1 Å². The van der Waals surface area contributed by atoms with Crippen molar-refractivity contribution in [3.8, 4) is 0 Å². The first kappa shape index (κ1) is 15.7. The summed E-state index contributed by atoms with van der Waals surface area (Å²) in [5.41, 5.74) is 1.18. The molecule has 0 aliphatic heterocycles. The topological polar surface area (TPSA) is 66.9 Å². The number of carbonyl (C=O) groups is 1. The molecule has 0 spiro atoms. The third kappa shape index (κ3) is 3.93. The lowest BCUT2D eigenvalue weighted by Gasteiger charge is -2.15. The van der Waals surface area contributed by atoms with Crippen molar-refractivity contribution in [2.75, 3.05) is 11.9 Å². The molecular weight excluding hydrogens is 264 g/mol. The van der Waals surface area contributed by atoms with Gasteiger partial charge in [0.1, 0.15) is 5.82 Å². The van der Waals surface area contributed by atoms with Crippen LogP contribution in [0.2, 0.25) is 0 Å². The quantitative estimate of drug-likeness (QED) is 0.875. The maximum absolute atomic E-state index is 12.5. The molecule has 21 heavy (non-hydrogen) atoms. The van der Waals surface area contributed by atoms with Gasteiger partial charge < -0.3 is 10.6 Å². The van der Waals surface area contributed by atoms with E-state index in [1.54, 1.807) is 6.20 Å². The van der Waals surface area contributed by atoms with Crippen molar-refractivity contribution in [2.45, 2.75) is 58.9 Å². The van der Waals surface area contributed by atoms with E-state index < -0.39 is 0 Å². The molecule has 5 heteroatoms. The van der Waals surface area contributed by atoms with Crippen molar-refractivity contribution < 1.29 is 4.79 Å². The summed E-state index contributed by atoms with van der Waals surface area (Å²) in [5.74, 6) is 1.52. The lowest BCUT2D eigenvalue weighted by molar-refractivity contribution is 0.0932. The highest BCUT2D eigenvalue weighted by Gasteiger charge is 2.25. The number of amides is 1.